The van der Waals surface area contributed by atoms with Gasteiger partial charge in [-0.3, -0.25) is 14.5 Å². The summed E-state index contributed by atoms with van der Waals surface area (Å²) in [6.45, 7) is 0.116. The summed E-state index contributed by atoms with van der Waals surface area (Å²) in [5.74, 6) is -1.10. The molecule has 1 fully saturated rings. The van der Waals surface area contributed by atoms with E-state index in [0.29, 0.717) is 21.4 Å². The molecule has 1 saturated heterocycles. The Kier molecular flexibility index (Phi) is 9.43. The number of nitrogens with zero attached hydrogens (tertiary/aromatic N) is 1. The van der Waals surface area contributed by atoms with Gasteiger partial charge >= 0.3 is 5.97 Å². The van der Waals surface area contributed by atoms with E-state index in [1.807, 2.05) is 42.7 Å². The minimum Gasteiger partial charge on any atom is -0.480 e. The summed E-state index contributed by atoms with van der Waals surface area (Å²) in [5.41, 5.74) is 1.02. The summed E-state index contributed by atoms with van der Waals surface area (Å²) in [6.07, 6.45) is 7.59. The number of rotatable bonds is 10. The summed E-state index contributed by atoms with van der Waals surface area (Å²) in [7, 11) is 0. The normalized spacial score (nSPS) is 16.6. The van der Waals surface area contributed by atoms with Gasteiger partial charge in [0, 0.05) is 13.0 Å². The van der Waals surface area contributed by atoms with Crippen molar-refractivity contribution in [3.8, 4) is 0 Å². The maximum Gasteiger partial charge on any atom is 0.326 e. The van der Waals surface area contributed by atoms with Crippen LogP contribution in [0.1, 0.15) is 18.4 Å². The number of amides is 2. The summed E-state index contributed by atoms with van der Waals surface area (Å²) in [4.78, 5) is 37.7. The van der Waals surface area contributed by atoms with Crippen LogP contribution in [0.4, 0.5) is 0 Å². The zero-order chi connectivity index (χ0) is 21.2. The van der Waals surface area contributed by atoms with Gasteiger partial charge < -0.3 is 10.4 Å². The molecule has 6 nitrogen and oxygen atoms in total. The van der Waals surface area contributed by atoms with E-state index < -0.39 is 17.9 Å². The highest BCUT2D eigenvalue weighted by atomic mass is 32.2. The largest absolute Gasteiger partial charge is 0.480 e. The minimum atomic E-state index is -1.06. The molecule has 0 spiro atoms. The molecule has 2 N–H and O–H groups in total. The minimum absolute atomic E-state index is 0.0113. The van der Waals surface area contributed by atoms with Crippen LogP contribution in [-0.2, 0) is 14.4 Å². The molecule has 29 heavy (non-hydrogen) atoms. The standard InChI is InChI=1S/C20H22N2O4S3/c1-28-13-11-15(19(25)26)21-17(23)10-12-22-18(24)16(29-20(22)27)9-5-8-14-6-3-2-4-7-14/h2-9,15H,10-13H2,1H3,(H,21,23)(H,25,26)/b8-5+,16-9+. The van der Waals surface area contributed by atoms with Gasteiger partial charge in [0.2, 0.25) is 5.91 Å². The van der Waals surface area contributed by atoms with Crippen LogP contribution in [-0.4, -0.2) is 56.7 Å². The molecular formula is C20H22N2O4S3. The number of allylic oxidation sites excluding steroid dienone is 2. The van der Waals surface area contributed by atoms with Gasteiger partial charge in [0.05, 0.1) is 4.91 Å². The third-order valence-electron chi connectivity index (χ3n) is 4.02. The first-order chi connectivity index (χ1) is 13.9. The zero-order valence-electron chi connectivity index (χ0n) is 15.9. The molecular weight excluding hydrogens is 428 g/mol. The monoisotopic (exact) mass is 450 g/mol. The average molecular weight is 451 g/mol. The Labute approximate surface area is 183 Å². The molecule has 0 saturated carbocycles. The third-order valence-corrected chi connectivity index (χ3v) is 6.06. The summed E-state index contributed by atoms with van der Waals surface area (Å²) in [6, 6.07) is 8.78. The van der Waals surface area contributed by atoms with E-state index in [9.17, 15) is 19.5 Å². The maximum atomic E-state index is 12.5. The lowest BCUT2D eigenvalue weighted by atomic mass is 10.2. The Bertz CT molecular complexity index is 824. The Balaban J connectivity index is 1.89. The van der Waals surface area contributed by atoms with E-state index in [1.165, 1.54) is 28.4 Å². The van der Waals surface area contributed by atoms with Crippen LogP contribution in [0.5, 0.6) is 0 Å². The molecule has 1 aromatic carbocycles. The van der Waals surface area contributed by atoms with Gasteiger partial charge in [0.1, 0.15) is 10.4 Å². The smallest absolute Gasteiger partial charge is 0.326 e. The second-order valence-electron chi connectivity index (χ2n) is 6.12. The molecule has 0 radical (unpaired) electrons. The Hall–Kier alpha value is -2.10. The number of aliphatic carboxylic acids is 1. The van der Waals surface area contributed by atoms with Crippen LogP contribution in [0.25, 0.3) is 6.08 Å². The van der Waals surface area contributed by atoms with Gasteiger partial charge in [-0.15, -0.1) is 0 Å². The molecule has 0 aromatic heterocycles. The number of hydrogen-bond donors (Lipinski definition) is 2. The highest BCUT2D eigenvalue weighted by molar-refractivity contribution is 8.26. The summed E-state index contributed by atoms with van der Waals surface area (Å²) in [5, 5.41) is 11.7. The molecule has 1 aliphatic heterocycles. The average Bonchev–Trinajstić information content (AvgIpc) is 2.97. The van der Waals surface area contributed by atoms with Crippen molar-refractivity contribution in [2.24, 2.45) is 0 Å². The number of carboxylic acids is 1. The molecule has 2 rings (SSSR count). The van der Waals surface area contributed by atoms with Crippen LogP contribution in [0, 0.1) is 0 Å². The number of thioether (sulfide) groups is 2. The van der Waals surface area contributed by atoms with E-state index in [2.05, 4.69) is 5.32 Å². The van der Waals surface area contributed by atoms with Gasteiger partial charge in [-0.25, -0.2) is 4.79 Å². The topological polar surface area (TPSA) is 86.7 Å². The van der Waals surface area contributed by atoms with Crippen molar-refractivity contribution in [3.05, 3.63) is 53.0 Å². The van der Waals surface area contributed by atoms with Crippen LogP contribution in [0.15, 0.2) is 47.4 Å². The zero-order valence-corrected chi connectivity index (χ0v) is 18.3. The van der Waals surface area contributed by atoms with E-state index in [0.717, 1.165) is 5.56 Å². The van der Waals surface area contributed by atoms with E-state index in [1.54, 1.807) is 12.2 Å². The summed E-state index contributed by atoms with van der Waals surface area (Å²) >= 11 is 7.95. The molecule has 154 valence electrons. The number of benzene rings is 1. The lowest BCUT2D eigenvalue weighted by Crippen LogP contribution is -2.42. The Morgan fingerprint density at radius 3 is 2.72 bits per heavy atom. The van der Waals surface area contributed by atoms with E-state index in [4.69, 9.17) is 12.2 Å². The van der Waals surface area contributed by atoms with Gasteiger partial charge in [0.25, 0.3) is 5.91 Å². The second-order valence-corrected chi connectivity index (χ2v) is 8.78. The fourth-order valence-electron chi connectivity index (χ4n) is 2.49. The van der Waals surface area contributed by atoms with Crippen LogP contribution >= 0.6 is 35.7 Å². The molecule has 1 aliphatic rings. The predicted octanol–water partition coefficient (Wildman–Crippen LogP) is 3.16. The number of hydrogen-bond acceptors (Lipinski definition) is 6. The first-order valence-electron chi connectivity index (χ1n) is 8.90. The number of nitrogens with one attached hydrogen (secondary N) is 1. The number of carbonyl (C=O) groups is 3. The van der Waals surface area contributed by atoms with E-state index >= 15 is 0 Å². The SMILES string of the molecule is CSCCC(NC(=O)CCN1C(=O)/C(=C\C=C\c2ccccc2)SC1=S)C(=O)O. The quantitative estimate of drug-likeness (QED) is 0.418. The predicted molar refractivity (Wildman–Crippen MR) is 123 cm³/mol. The van der Waals surface area contributed by atoms with Crippen molar-refractivity contribution in [1.82, 2.24) is 10.2 Å². The van der Waals surface area contributed by atoms with Gasteiger partial charge in [0.15, 0.2) is 0 Å². The van der Waals surface area contributed by atoms with Crippen LogP contribution in [0.3, 0.4) is 0 Å². The molecule has 1 aromatic rings. The highest BCUT2D eigenvalue weighted by Crippen LogP contribution is 2.31. The van der Waals surface area contributed by atoms with Crippen molar-refractivity contribution < 1.29 is 19.5 Å². The maximum absolute atomic E-state index is 12.5. The number of carboxylic acid groups (broad SMARTS) is 1. The summed E-state index contributed by atoms with van der Waals surface area (Å²) < 4.78 is 0.388. The molecule has 1 atom stereocenters. The van der Waals surface area contributed by atoms with E-state index in [-0.39, 0.29) is 18.9 Å². The highest BCUT2D eigenvalue weighted by Gasteiger charge is 2.32. The van der Waals surface area contributed by atoms with Crippen molar-refractivity contribution in [1.29, 1.82) is 0 Å². The first-order valence-corrected chi connectivity index (χ1v) is 11.5. The van der Waals surface area contributed by atoms with Gasteiger partial charge in [-0.05, 0) is 30.1 Å². The number of thiocarbonyl (C=S) groups is 1. The third kappa shape index (κ3) is 7.34. The van der Waals surface area contributed by atoms with Crippen LogP contribution in [0.2, 0.25) is 0 Å². The van der Waals surface area contributed by atoms with Gasteiger partial charge in [-0.2, -0.15) is 11.8 Å². The Morgan fingerprint density at radius 2 is 2.07 bits per heavy atom. The fourth-order valence-corrected chi connectivity index (χ4v) is 4.22. The van der Waals surface area contributed by atoms with Crippen LogP contribution < -0.4 is 5.32 Å². The molecule has 1 unspecified atom stereocenters. The lowest BCUT2D eigenvalue weighted by Gasteiger charge is -2.17. The molecule has 0 bridgehead atoms. The fraction of sp³-hybridized carbons (Fsp3) is 0.300. The van der Waals surface area contributed by atoms with Crippen molar-refractivity contribution in [3.63, 3.8) is 0 Å². The second kappa shape index (κ2) is 11.8. The number of carbonyl (C=O) groups excluding carboxylic acids is 2. The van der Waals surface area contributed by atoms with Gasteiger partial charge in [-0.1, -0.05) is 66.5 Å². The van der Waals surface area contributed by atoms with Crippen molar-refractivity contribution in [2.45, 2.75) is 18.9 Å². The first kappa shape index (κ1) is 23.2. The Morgan fingerprint density at radius 1 is 1.34 bits per heavy atom. The molecule has 0 aliphatic carbocycles. The van der Waals surface area contributed by atoms with Crippen molar-refractivity contribution in [2.75, 3.05) is 18.6 Å². The molecule has 9 heteroatoms. The molecule has 1 heterocycles. The van der Waals surface area contributed by atoms with Crippen molar-refractivity contribution >= 4 is 63.9 Å². The molecule has 2 amide bonds. The lowest BCUT2D eigenvalue weighted by molar-refractivity contribution is -0.142.